The Morgan fingerprint density at radius 3 is 2.48 bits per heavy atom. The zero-order valence-corrected chi connectivity index (χ0v) is 15.1. The molecule has 0 radical (unpaired) electrons. The van der Waals surface area contributed by atoms with Crippen LogP contribution in [0.4, 0.5) is 0 Å². The van der Waals surface area contributed by atoms with Crippen LogP contribution in [0.3, 0.4) is 0 Å². The number of nitrogens with zero attached hydrogens (tertiary/aromatic N) is 1. The van der Waals surface area contributed by atoms with Crippen LogP contribution in [0.5, 0.6) is 0 Å². The summed E-state index contributed by atoms with van der Waals surface area (Å²) in [5.41, 5.74) is 7.85. The molecule has 1 atom stereocenters. The summed E-state index contributed by atoms with van der Waals surface area (Å²) in [7, 11) is -1.39. The number of aromatic nitrogens is 1. The summed E-state index contributed by atoms with van der Waals surface area (Å²) in [4.78, 5) is 0. The van der Waals surface area contributed by atoms with Crippen LogP contribution < -0.4 is 0 Å². The van der Waals surface area contributed by atoms with E-state index in [1.165, 1.54) is 27.7 Å². The maximum atomic E-state index is 3.98. The summed E-state index contributed by atoms with van der Waals surface area (Å²) < 4.78 is 2.46. The maximum Gasteiger partial charge on any atom is 0.0575 e. The van der Waals surface area contributed by atoms with Crippen LogP contribution in [0.2, 0.25) is 19.6 Å². The quantitative estimate of drug-likeness (QED) is 0.424. The molecule has 4 rings (SSSR count). The molecule has 0 fully saturated rings. The Kier molecular flexibility index (Phi) is 3.14. The largest absolute Gasteiger partial charge is 0.336 e. The fraction of sp³-hybridized carbons (Fsp3) is 0.238. The standard InChI is InChI=1S/C21H23NSi/c1-5-14-22-18-13-9-8-12-17(18)19-20(22)15-10-6-7-11-16(15)21(19)23(2,3)4/h5-13,21H,1,14H2,2-4H3. The van der Waals surface area contributed by atoms with Crippen LogP contribution in [0.15, 0.2) is 61.2 Å². The van der Waals surface area contributed by atoms with Gasteiger partial charge >= 0.3 is 0 Å². The molecule has 1 aromatic heterocycles. The highest BCUT2D eigenvalue weighted by atomic mass is 28.3. The van der Waals surface area contributed by atoms with Gasteiger partial charge in [-0.2, -0.15) is 0 Å². The molecule has 1 aliphatic carbocycles. The Hall–Kier alpha value is -2.06. The molecule has 0 amide bonds. The van der Waals surface area contributed by atoms with E-state index >= 15 is 0 Å². The fourth-order valence-electron chi connectivity index (χ4n) is 4.25. The van der Waals surface area contributed by atoms with Crippen molar-refractivity contribution in [2.45, 2.75) is 31.7 Å². The van der Waals surface area contributed by atoms with E-state index in [1.807, 2.05) is 6.08 Å². The van der Waals surface area contributed by atoms with Gasteiger partial charge in [-0.3, -0.25) is 0 Å². The summed E-state index contributed by atoms with van der Waals surface area (Å²) in [5.74, 6) is 0. The second-order valence-corrected chi connectivity index (χ2v) is 12.9. The molecule has 0 bridgehead atoms. The first kappa shape index (κ1) is 14.5. The van der Waals surface area contributed by atoms with Crippen LogP contribution in [0.1, 0.15) is 16.7 Å². The summed E-state index contributed by atoms with van der Waals surface area (Å²) in [6, 6.07) is 17.9. The number of rotatable bonds is 3. The van der Waals surface area contributed by atoms with E-state index in [4.69, 9.17) is 0 Å². The van der Waals surface area contributed by atoms with Gasteiger partial charge in [-0.1, -0.05) is 68.2 Å². The summed E-state index contributed by atoms with van der Waals surface area (Å²) in [6.45, 7) is 12.3. The number of benzene rings is 2. The first-order valence-corrected chi connectivity index (χ1v) is 11.9. The molecule has 1 heterocycles. The van der Waals surface area contributed by atoms with Gasteiger partial charge in [-0.25, -0.2) is 0 Å². The van der Waals surface area contributed by atoms with E-state index in [0.717, 1.165) is 6.54 Å². The number of hydrogen-bond donors (Lipinski definition) is 0. The third-order valence-electron chi connectivity index (χ3n) is 5.00. The zero-order chi connectivity index (χ0) is 16.2. The molecule has 1 unspecified atom stereocenters. The van der Waals surface area contributed by atoms with Gasteiger partial charge in [0, 0.05) is 28.6 Å². The van der Waals surface area contributed by atoms with Gasteiger partial charge in [0.2, 0.25) is 0 Å². The minimum atomic E-state index is -1.39. The predicted molar refractivity (Wildman–Crippen MR) is 103 cm³/mol. The lowest BCUT2D eigenvalue weighted by molar-refractivity contribution is 0.873. The molecule has 0 spiro atoms. The Balaban J connectivity index is 2.16. The summed E-state index contributed by atoms with van der Waals surface area (Å²) in [5, 5.41) is 1.42. The van der Waals surface area contributed by atoms with Crippen molar-refractivity contribution < 1.29 is 0 Å². The zero-order valence-electron chi connectivity index (χ0n) is 14.1. The predicted octanol–water partition coefficient (Wildman–Crippen LogP) is 5.82. The molecule has 1 nitrogen and oxygen atoms in total. The SMILES string of the molecule is C=CCn1c2c(c3ccccc31)C([Si](C)(C)C)c1ccccc1-2. The Morgan fingerprint density at radius 1 is 1.04 bits per heavy atom. The molecule has 3 aromatic rings. The molecule has 2 aromatic carbocycles. The molecule has 0 saturated carbocycles. The van der Waals surface area contributed by atoms with Gasteiger partial charge < -0.3 is 4.57 Å². The lowest BCUT2D eigenvalue weighted by Crippen LogP contribution is -2.30. The smallest absolute Gasteiger partial charge is 0.0575 e. The molecule has 2 heteroatoms. The van der Waals surface area contributed by atoms with Crippen LogP contribution in [0, 0.1) is 0 Å². The Labute approximate surface area is 139 Å². The van der Waals surface area contributed by atoms with Gasteiger partial charge in [-0.05, 0) is 17.2 Å². The number of allylic oxidation sites excluding steroid dienone is 1. The van der Waals surface area contributed by atoms with Crippen LogP contribution >= 0.6 is 0 Å². The van der Waals surface area contributed by atoms with Gasteiger partial charge in [0.25, 0.3) is 0 Å². The fourth-order valence-corrected chi connectivity index (χ4v) is 6.59. The van der Waals surface area contributed by atoms with Crippen molar-refractivity contribution in [2.75, 3.05) is 0 Å². The average molecular weight is 318 g/mol. The highest BCUT2D eigenvalue weighted by Gasteiger charge is 2.41. The highest BCUT2D eigenvalue weighted by molar-refractivity contribution is 6.78. The normalized spacial score (nSPS) is 16.4. The monoisotopic (exact) mass is 317 g/mol. The lowest BCUT2D eigenvalue weighted by Gasteiger charge is -2.27. The first-order valence-electron chi connectivity index (χ1n) is 8.35. The number of hydrogen-bond acceptors (Lipinski definition) is 0. The van der Waals surface area contributed by atoms with Crippen molar-refractivity contribution in [1.82, 2.24) is 4.57 Å². The van der Waals surface area contributed by atoms with E-state index in [-0.39, 0.29) is 0 Å². The Morgan fingerprint density at radius 2 is 1.74 bits per heavy atom. The molecule has 0 saturated heterocycles. The van der Waals surface area contributed by atoms with Crippen LogP contribution in [-0.4, -0.2) is 12.6 Å². The molecule has 116 valence electrons. The summed E-state index contributed by atoms with van der Waals surface area (Å²) >= 11 is 0. The molecule has 23 heavy (non-hydrogen) atoms. The molecular weight excluding hydrogens is 294 g/mol. The van der Waals surface area contributed by atoms with Crippen molar-refractivity contribution in [3.63, 3.8) is 0 Å². The molecule has 0 aliphatic heterocycles. The van der Waals surface area contributed by atoms with Crippen LogP contribution in [-0.2, 0) is 6.54 Å². The second kappa shape index (κ2) is 4.97. The van der Waals surface area contributed by atoms with E-state index in [0.29, 0.717) is 5.54 Å². The van der Waals surface area contributed by atoms with Crippen LogP contribution in [0.25, 0.3) is 22.2 Å². The highest BCUT2D eigenvalue weighted by Crippen LogP contribution is 2.52. The van der Waals surface area contributed by atoms with Gasteiger partial charge in [-0.15, -0.1) is 6.58 Å². The van der Waals surface area contributed by atoms with Gasteiger partial charge in [0.05, 0.1) is 13.8 Å². The molecule has 0 N–H and O–H groups in total. The van der Waals surface area contributed by atoms with E-state index < -0.39 is 8.07 Å². The van der Waals surface area contributed by atoms with Gasteiger partial charge in [0.15, 0.2) is 0 Å². The van der Waals surface area contributed by atoms with Crippen molar-refractivity contribution in [3.05, 3.63) is 72.3 Å². The maximum absolute atomic E-state index is 3.98. The van der Waals surface area contributed by atoms with Crippen molar-refractivity contribution in [1.29, 1.82) is 0 Å². The molecular formula is C21H23NSi. The lowest BCUT2D eigenvalue weighted by atomic mass is 10.1. The van der Waals surface area contributed by atoms with Crippen molar-refractivity contribution in [2.24, 2.45) is 0 Å². The third-order valence-corrected chi connectivity index (χ3v) is 7.34. The number of para-hydroxylation sites is 1. The minimum Gasteiger partial charge on any atom is -0.336 e. The summed E-state index contributed by atoms with van der Waals surface area (Å²) in [6.07, 6.45) is 2.01. The van der Waals surface area contributed by atoms with Gasteiger partial charge in [0.1, 0.15) is 0 Å². The topological polar surface area (TPSA) is 4.93 Å². The van der Waals surface area contributed by atoms with Crippen molar-refractivity contribution >= 4 is 19.0 Å². The third kappa shape index (κ3) is 1.98. The number of fused-ring (bicyclic) bond motifs is 5. The second-order valence-electron chi connectivity index (χ2n) is 7.57. The first-order chi connectivity index (χ1) is 11.0. The van der Waals surface area contributed by atoms with E-state index in [9.17, 15) is 0 Å². The minimum absolute atomic E-state index is 0.574. The van der Waals surface area contributed by atoms with E-state index in [2.05, 4.69) is 79.3 Å². The van der Waals surface area contributed by atoms with Crippen molar-refractivity contribution in [3.8, 4) is 11.3 Å². The average Bonchev–Trinajstić information content (AvgIpc) is 3.01. The Bertz CT molecular complexity index is 911. The van der Waals surface area contributed by atoms with E-state index in [1.54, 1.807) is 5.56 Å². The molecule has 1 aliphatic rings.